The van der Waals surface area contributed by atoms with E-state index in [4.69, 9.17) is 9.84 Å². The van der Waals surface area contributed by atoms with Gasteiger partial charge in [-0.25, -0.2) is 0 Å². The Morgan fingerprint density at radius 2 is 1.83 bits per heavy atom. The summed E-state index contributed by atoms with van der Waals surface area (Å²) in [5.41, 5.74) is 0.863. The van der Waals surface area contributed by atoms with Gasteiger partial charge in [-0.05, 0) is 37.0 Å². The molecular formula is C23H35NO5. The minimum atomic E-state index is -0.735. The van der Waals surface area contributed by atoms with Gasteiger partial charge in [0.25, 0.3) is 0 Å². The van der Waals surface area contributed by atoms with E-state index in [-0.39, 0.29) is 30.4 Å². The number of carbonyl (C=O) groups is 2. The Kier molecular flexibility index (Phi) is 8.96. The fourth-order valence-corrected chi connectivity index (χ4v) is 3.62. The van der Waals surface area contributed by atoms with Crippen molar-refractivity contribution >= 4 is 11.9 Å². The van der Waals surface area contributed by atoms with Gasteiger partial charge < -0.3 is 19.8 Å². The fourth-order valence-electron chi connectivity index (χ4n) is 3.62. The highest BCUT2D eigenvalue weighted by molar-refractivity contribution is 5.83. The van der Waals surface area contributed by atoms with E-state index in [0.717, 1.165) is 56.4 Å². The number of aliphatic hydroxyl groups is 1. The van der Waals surface area contributed by atoms with Gasteiger partial charge in [0.05, 0.1) is 19.1 Å². The Labute approximate surface area is 173 Å². The van der Waals surface area contributed by atoms with Crippen LogP contribution < -0.4 is 4.74 Å². The van der Waals surface area contributed by atoms with Crippen LogP contribution in [0, 0.1) is 0 Å². The number of nitrogens with zero attached hydrogens (tertiary/aromatic N) is 1. The SMILES string of the molecule is CCC(C)(CO)c1ccc(OC[C@H]2CC(=O)N2CCCCCCCC(=O)O)cc1. The molecule has 1 amide bonds. The smallest absolute Gasteiger partial charge is 0.303 e. The van der Waals surface area contributed by atoms with Crippen molar-refractivity contribution in [3.05, 3.63) is 29.8 Å². The second-order valence-electron chi connectivity index (χ2n) is 8.26. The number of β-lactam (4-membered cyclic amide) rings is 1. The molecule has 1 unspecified atom stereocenters. The zero-order valence-electron chi connectivity index (χ0n) is 17.7. The summed E-state index contributed by atoms with van der Waals surface area (Å²) in [6.07, 6.45) is 6.26. The molecule has 29 heavy (non-hydrogen) atoms. The van der Waals surface area contributed by atoms with Gasteiger partial charge in [0, 0.05) is 18.4 Å². The van der Waals surface area contributed by atoms with Gasteiger partial charge in [-0.2, -0.15) is 0 Å². The fraction of sp³-hybridized carbons (Fsp3) is 0.652. The van der Waals surface area contributed by atoms with Gasteiger partial charge in [-0.15, -0.1) is 0 Å². The zero-order chi connectivity index (χ0) is 21.3. The Morgan fingerprint density at radius 1 is 1.17 bits per heavy atom. The third-order valence-electron chi connectivity index (χ3n) is 6.08. The minimum absolute atomic E-state index is 0.114. The lowest BCUT2D eigenvalue weighted by Gasteiger charge is -2.40. The van der Waals surface area contributed by atoms with Crippen LogP contribution in [0.4, 0.5) is 0 Å². The van der Waals surface area contributed by atoms with Gasteiger partial charge >= 0.3 is 5.97 Å². The second-order valence-corrected chi connectivity index (χ2v) is 8.26. The number of aliphatic carboxylic acids is 1. The van der Waals surface area contributed by atoms with Crippen molar-refractivity contribution in [3.8, 4) is 5.75 Å². The lowest BCUT2D eigenvalue weighted by molar-refractivity contribution is -0.147. The molecule has 1 heterocycles. The molecule has 2 atom stereocenters. The Bertz CT molecular complexity index is 654. The number of benzene rings is 1. The summed E-state index contributed by atoms with van der Waals surface area (Å²) in [4.78, 5) is 24.3. The molecule has 1 saturated heterocycles. The maximum Gasteiger partial charge on any atom is 0.303 e. The van der Waals surface area contributed by atoms with Crippen LogP contribution in [-0.4, -0.2) is 52.8 Å². The molecule has 6 heteroatoms. The maximum atomic E-state index is 11.9. The number of rotatable bonds is 14. The first-order valence-corrected chi connectivity index (χ1v) is 10.7. The summed E-state index contributed by atoms with van der Waals surface area (Å²) in [5.74, 6) is 0.228. The van der Waals surface area contributed by atoms with E-state index in [1.165, 1.54) is 0 Å². The quantitative estimate of drug-likeness (QED) is 0.364. The third-order valence-corrected chi connectivity index (χ3v) is 6.08. The van der Waals surface area contributed by atoms with E-state index < -0.39 is 5.97 Å². The summed E-state index contributed by atoms with van der Waals surface area (Å²) < 4.78 is 5.89. The predicted octanol–water partition coefficient (Wildman–Crippen LogP) is 3.75. The number of hydrogen-bond acceptors (Lipinski definition) is 4. The van der Waals surface area contributed by atoms with E-state index in [1.54, 1.807) is 0 Å². The monoisotopic (exact) mass is 405 g/mol. The van der Waals surface area contributed by atoms with Crippen LogP contribution in [0.15, 0.2) is 24.3 Å². The molecule has 2 rings (SSSR count). The molecule has 162 valence electrons. The Balaban J connectivity index is 1.69. The highest BCUT2D eigenvalue weighted by Crippen LogP contribution is 2.29. The van der Waals surface area contributed by atoms with E-state index in [9.17, 15) is 14.7 Å². The van der Waals surface area contributed by atoms with Gasteiger partial charge in [0.1, 0.15) is 12.4 Å². The van der Waals surface area contributed by atoms with Crippen molar-refractivity contribution < 1.29 is 24.5 Å². The first kappa shape index (κ1) is 23.2. The molecule has 1 aromatic rings. The number of likely N-dealkylation sites (tertiary alicyclic amines) is 1. The first-order chi connectivity index (χ1) is 13.9. The largest absolute Gasteiger partial charge is 0.491 e. The van der Waals surface area contributed by atoms with E-state index in [2.05, 4.69) is 6.92 Å². The lowest BCUT2D eigenvalue weighted by atomic mass is 9.81. The standard InChI is InChI=1S/C23H35NO5/c1-3-23(2,17-25)18-10-12-20(13-11-18)29-16-19-15-21(26)24(19)14-8-6-4-5-7-9-22(27)28/h10-13,19,25H,3-9,14-17H2,1-2H3,(H,27,28)/t19-,23?/m1/s1. The van der Waals surface area contributed by atoms with E-state index >= 15 is 0 Å². The summed E-state index contributed by atoms with van der Waals surface area (Å²) in [6, 6.07) is 8.00. The van der Waals surface area contributed by atoms with Crippen LogP contribution in [0.3, 0.4) is 0 Å². The van der Waals surface area contributed by atoms with Crippen molar-refractivity contribution in [2.45, 2.75) is 76.7 Å². The summed E-state index contributed by atoms with van der Waals surface area (Å²) in [6.45, 7) is 5.47. The van der Waals surface area contributed by atoms with Gasteiger partial charge in [0.15, 0.2) is 0 Å². The van der Waals surface area contributed by atoms with Crippen molar-refractivity contribution in [3.63, 3.8) is 0 Å². The number of hydrogen-bond donors (Lipinski definition) is 2. The van der Waals surface area contributed by atoms with E-state index in [1.807, 2.05) is 36.1 Å². The molecule has 0 aliphatic carbocycles. The number of aliphatic hydroxyl groups excluding tert-OH is 1. The molecule has 1 aliphatic heterocycles. The van der Waals surface area contributed by atoms with Crippen LogP contribution in [-0.2, 0) is 15.0 Å². The molecule has 2 N–H and O–H groups in total. The molecule has 0 spiro atoms. The van der Waals surface area contributed by atoms with E-state index in [0.29, 0.717) is 13.0 Å². The molecule has 0 radical (unpaired) electrons. The van der Waals surface area contributed by atoms with Gasteiger partial charge in [-0.1, -0.05) is 45.2 Å². The first-order valence-electron chi connectivity index (χ1n) is 10.7. The molecule has 0 bridgehead atoms. The van der Waals surface area contributed by atoms with Crippen LogP contribution in [0.2, 0.25) is 0 Å². The number of carboxylic acid groups (broad SMARTS) is 1. The van der Waals surface area contributed by atoms with Crippen molar-refractivity contribution in [1.82, 2.24) is 4.90 Å². The summed E-state index contributed by atoms with van der Waals surface area (Å²) in [5, 5.41) is 18.3. The zero-order valence-corrected chi connectivity index (χ0v) is 17.7. The van der Waals surface area contributed by atoms with Gasteiger partial charge in [0.2, 0.25) is 5.91 Å². The van der Waals surface area contributed by atoms with Crippen LogP contribution in [0.25, 0.3) is 0 Å². The average Bonchev–Trinajstić information content (AvgIpc) is 2.72. The molecule has 0 saturated carbocycles. The highest BCUT2D eigenvalue weighted by atomic mass is 16.5. The summed E-state index contributed by atoms with van der Waals surface area (Å²) in [7, 11) is 0. The van der Waals surface area contributed by atoms with Crippen LogP contribution in [0.5, 0.6) is 5.75 Å². The van der Waals surface area contributed by atoms with Gasteiger partial charge in [-0.3, -0.25) is 9.59 Å². The van der Waals surface area contributed by atoms with Crippen molar-refractivity contribution in [2.75, 3.05) is 19.8 Å². The third kappa shape index (κ3) is 6.74. The number of amides is 1. The number of unbranched alkanes of at least 4 members (excludes halogenated alkanes) is 4. The van der Waals surface area contributed by atoms with Crippen molar-refractivity contribution in [1.29, 1.82) is 0 Å². The van der Waals surface area contributed by atoms with Crippen LogP contribution in [0.1, 0.15) is 70.8 Å². The molecule has 6 nitrogen and oxygen atoms in total. The van der Waals surface area contributed by atoms with Crippen molar-refractivity contribution in [2.24, 2.45) is 0 Å². The second kappa shape index (κ2) is 11.2. The highest BCUT2D eigenvalue weighted by Gasteiger charge is 2.35. The number of carbonyl (C=O) groups excluding carboxylic acids is 1. The average molecular weight is 406 g/mol. The maximum absolute atomic E-state index is 11.9. The summed E-state index contributed by atoms with van der Waals surface area (Å²) >= 11 is 0. The normalized spacial score (nSPS) is 18.2. The van der Waals surface area contributed by atoms with Crippen LogP contribution >= 0.6 is 0 Å². The minimum Gasteiger partial charge on any atom is -0.491 e. The molecular weight excluding hydrogens is 370 g/mol. The molecule has 1 aromatic carbocycles. The number of ether oxygens (including phenoxy) is 1. The Hall–Kier alpha value is -2.08. The predicted molar refractivity (Wildman–Crippen MR) is 112 cm³/mol. The number of carboxylic acids is 1. The Morgan fingerprint density at radius 3 is 2.41 bits per heavy atom. The molecule has 1 fully saturated rings. The lowest BCUT2D eigenvalue weighted by Crippen LogP contribution is -2.55. The topological polar surface area (TPSA) is 87.1 Å². The molecule has 0 aromatic heterocycles. The molecule has 1 aliphatic rings.